The average molecular weight is 437 g/mol. The molecule has 5 heterocycles. The van der Waals surface area contributed by atoms with E-state index in [1.807, 2.05) is 18.2 Å². The van der Waals surface area contributed by atoms with Gasteiger partial charge < -0.3 is 15.2 Å². The summed E-state index contributed by atoms with van der Waals surface area (Å²) in [5.74, 6) is 1.20. The monoisotopic (exact) mass is 436 g/mol. The van der Waals surface area contributed by atoms with E-state index in [4.69, 9.17) is 15.0 Å². The Kier molecular flexibility index (Phi) is 5.68. The van der Waals surface area contributed by atoms with E-state index >= 15 is 0 Å². The van der Waals surface area contributed by atoms with Crippen LogP contribution in [0.1, 0.15) is 37.0 Å². The largest absolute Gasteiger partial charge is 0.474 e. The maximum atomic E-state index is 9.28. The van der Waals surface area contributed by atoms with Crippen LogP contribution < -0.4 is 10.1 Å². The van der Waals surface area contributed by atoms with Gasteiger partial charge in [0.2, 0.25) is 5.88 Å². The second kappa shape index (κ2) is 8.75. The Morgan fingerprint density at radius 1 is 1.29 bits per heavy atom. The number of rotatable bonds is 7. The number of nitrogens with zero attached hydrogens (tertiary/aromatic N) is 5. The van der Waals surface area contributed by atoms with Gasteiger partial charge in [0.1, 0.15) is 11.9 Å². The number of ether oxygens (including phenoxy) is 1. The number of nitrogens with one attached hydrogen (secondary N) is 1. The molecule has 31 heavy (non-hydrogen) atoms. The van der Waals surface area contributed by atoms with E-state index in [1.54, 1.807) is 12.4 Å². The van der Waals surface area contributed by atoms with Crippen LogP contribution in [-0.2, 0) is 6.61 Å². The zero-order chi connectivity index (χ0) is 21.2. The van der Waals surface area contributed by atoms with Crippen LogP contribution >= 0.6 is 11.3 Å². The summed E-state index contributed by atoms with van der Waals surface area (Å²) >= 11 is 1.39. The molecule has 2 saturated heterocycles. The standard InChI is InChI=1S/C22H24N6O2S/c23-6-2-8-28-14-4-5-15(28)10-16(9-14)30-21-18-3-1-7-24-19(18)11-20(26-21)27-22-25-12-17(13-29)31-22/h1,3,7,11-12,14-16,29H,2,4-5,8-10,13H2,(H,25,26,27)/t14-,15+,16-. The predicted octanol–water partition coefficient (Wildman–Crippen LogP) is 3.61. The van der Waals surface area contributed by atoms with Crippen LogP contribution in [0.5, 0.6) is 5.88 Å². The Labute approximate surface area is 184 Å². The van der Waals surface area contributed by atoms with Crippen molar-refractivity contribution in [1.29, 1.82) is 5.26 Å². The lowest BCUT2D eigenvalue weighted by Crippen LogP contribution is -2.46. The third kappa shape index (κ3) is 4.19. The molecular weight excluding hydrogens is 412 g/mol. The van der Waals surface area contributed by atoms with E-state index in [-0.39, 0.29) is 12.7 Å². The van der Waals surface area contributed by atoms with Gasteiger partial charge in [0.05, 0.1) is 28.5 Å². The topological polar surface area (TPSA) is 107 Å². The lowest BCUT2D eigenvalue weighted by molar-refractivity contribution is 0.0494. The fourth-order valence-corrected chi connectivity index (χ4v) is 5.45. The minimum Gasteiger partial charge on any atom is -0.474 e. The second-order valence-electron chi connectivity index (χ2n) is 8.04. The van der Waals surface area contributed by atoms with Gasteiger partial charge in [0, 0.05) is 43.5 Å². The summed E-state index contributed by atoms with van der Waals surface area (Å²) in [6.07, 6.45) is 8.35. The van der Waals surface area contributed by atoms with Gasteiger partial charge >= 0.3 is 0 Å². The Morgan fingerprint density at radius 2 is 2.13 bits per heavy atom. The molecule has 2 bridgehead atoms. The third-order valence-electron chi connectivity index (χ3n) is 6.11. The van der Waals surface area contributed by atoms with Crippen molar-refractivity contribution < 1.29 is 9.84 Å². The fourth-order valence-electron chi connectivity index (χ4n) is 4.77. The minimum atomic E-state index is -0.0319. The number of aromatic nitrogens is 3. The number of anilines is 2. The van der Waals surface area contributed by atoms with Crippen LogP contribution in [0.15, 0.2) is 30.6 Å². The predicted molar refractivity (Wildman–Crippen MR) is 118 cm³/mol. The molecule has 0 aromatic carbocycles. The van der Waals surface area contributed by atoms with Crippen molar-refractivity contribution in [2.45, 2.75) is 56.9 Å². The van der Waals surface area contributed by atoms with E-state index in [9.17, 15) is 5.11 Å². The molecule has 0 saturated carbocycles. The normalized spacial score (nSPS) is 23.0. The highest BCUT2D eigenvalue weighted by Crippen LogP contribution is 2.38. The number of aliphatic hydroxyl groups is 1. The first kappa shape index (κ1) is 20.1. The third-order valence-corrected chi connectivity index (χ3v) is 7.01. The van der Waals surface area contributed by atoms with Crippen LogP contribution in [0.3, 0.4) is 0 Å². The molecule has 0 spiro atoms. The summed E-state index contributed by atoms with van der Waals surface area (Å²) in [5, 5.41) is 23.0. The first-order chi connectivity index (χ1) is 15.2. The molecule has 2 N–H and O–H groups in total. The summed E-state index contributed by atoms with van der Waals surface area (Å²) in [7, 11) is 0. The molecule has 2 aliphatic rings. The highest BCUT2D eigenvalue weighted by Gasteiger charge is 2.41. The van der Waals surface area contributed by atoms with Crippen molar-refractivity contribution in [1.82, 2.24) is 19.9 Å². The van der Waals surface area contributed by atoms with Crippen molar-refractivity contribution in [3.05, 3.63) is 35.5 Å². The molecule has 3 aromatic rings. The summed E-state index contributed by atoms with van der Waals surface area (Å²) in [6, 6.07) is 9.00. The minimum absolute atomic E-state index is 0.0319. The Morgan fingerprint density at radius 3 is 2.87 bits per heavy atom. The molecular formula is C22H24N6O2S. The molecule has 0 radical (unpaired) electrons. The van der Waals surface area contributed by atoms with Crippen molar-refractivity contribution in [3.63, 3.8) is 0 Å². The first-order valence-electron chi connectivity index (χ1n) is 10.6. The number of pyridine rings is 2. The van der Waals surface area contributed by atoms with Crippen LogP contribution in [0.4, 0.5) is 10.9 Å². The van der Waals surface area contributed by atoms with Crippen molar-refractivity contribution in [2.24, 2.45) is 0 Å². The van der Waals surface area contributed by atoms with Crippen molar-refractivity contribution in [2.75, 3.05) is 11.9 Å². The van der Waals surface area contributed by atoms with Gasteiger partial charge in [0.25, 0.3) is 0 Å². The lowest BCUT2D eigenvalue weighted by atomic mass is 9.99. The number of hydrogen-bond donors (Lipinski definition) is 2. The van der Waals surface area contributed by atoms with E-state index in [1.165, 1.54) is 24.2 Å². The molecule has 2 aliphatic heterocycles. The Balaban J connectivity index is 1.37. The van der Waals surface area contributed by atoms with Gasteiger partial charge in [-0.15, -0.1) is 0 Å². The highest BCUT2D eigenvalue weighted by atomic mass is 32.1. The van der Waals surface area contributed by atoms with E-state index in [2.05, 4.69) is 26.3 Å². The van der Waals surface area contributed by atoms with Gasteiger partial charge in [-0.25, -0.2) is 4.98 Å². The highest BCUT2D eigenvalue weighted by molar-refractivity contribution is 7.15. The van der Waals surface area contributed by atoms with Crippen LogP contribution in [0, 0.1) is 11.3 Å². The van der Waals surface area contributed by atoms with Crippen LogP contribution in [-0.4, -0.2) is 49.7 Å². The zero-order valence-electron chi connectivity index (χ0n) is 17.1. The SMILES string of the molecule is N#CCCN1[C@@H]2CC[C@H]1C[C@H](Oc1nc(Nc3ncc(CO)s3)cc3ncccc13)C2. The second-order valence-corrected chi connectivity index (χ2v) is 9.15. The van der Waals surface area contributed by atoms with Crippen molar-refractivity contribution in [3.8, 4) is 11.9 Å². The number of nitriles is 1. The summed E-state index contributed by atoms with van der Waals surface area (Å²) in [6.45, 7) is 0.822. The molecule has 0 aliphatic carbocycles. The molecule has 160 valence electrons. The molecule has 3 aromatic heterocycles. The molecule has 2 fully saturated rings. The molecule has 0 amide bonds. The van der Waals surface area contributed by atoms with Crippen LogP contribution in [0.2, 0.25) is 0 Å². The summed E-state index contributed by atoms with van der Waals surface area (Å²) < 4.78 is 6.47. The quantitative estimate of drug-likeness (QED) is 0.578. The van der Waals surface area contributed by atoms with Gasteiger partial charge in [0.15, 0.2) is 5.13 Å². The molecule has 9 heteroatoms. The maximum absolute atomic E-state index is 9.28. The molecule has 5 rings (SSSR count). The van der Waals surface area contributed by atoms with Gasteiger partial charge in [-0.2, -0.15) is 10.2 Å². The Hall–Kier alpha value is -2.80. The summed E-state index contributed by atoms with van der Waals surface area (Å²) in [5.41, 5.74) is 0.809. The number of piperidine rings is 1. The molecule has 0 unspecified atom stereocenters. The maximum Gasteiger partial charge on any atom is 0.225 e. The van der Waals surface area contributed by atoms with Gasteiger partial charge in [-0.1, -0.05) is 11.3 Å². The number of thiazole rings is 1. The molecule has 8 nitrogen and oxygen atoms in total. The van der Waals surface area contributed by atoms with E-state index in [0.29, 0.717) is 35.3 Å². The Bertz CT molecular complexity index is 1100. The van der Waals surface area contributed by atoms with E-state index < -0.39 is 0 Å². The average Bonchev–Trinajstić information content (AvgIpc) is 3.33. The lowest BCUT2D eigenvalue weighted by Gasteiger charge is -2.38. The smallest absolute Gasteiger partial charge is 0.225 e. The van der Waals surface area contributed by atoms with Crippen LogP contribution in [0.25, 0.3) is 10.9 Å². The number of aliphatic hydroxyl groups excluding tert-OH is 1. The van der Waals surface area contributed by atoms with Gasteiger partial charge in [-0.05, 0) is 37.8 Å². The fraction of sp³-hybridized carbons (Fsp3) is 0.455. The molecule has 3 atom stereocenters. The van der Waals surface area contributed by atoms with Gasteiger partial charge in [-0.3, -0.25) is 9.88 Å². The number of fused-ring (bicyclic) bond motifs is 3. The first-order valence-corrected chi connectivity index (χ1v) is 11.4. The van der Waals surface area contributed by atoms with Crippen molar-refractivity contribution >= 4 is 33.2 Å². The van der Waals surface area contributed by atoms with E-state index in [0.717, 1.165) is 35.2 Å². The number of hydrogen-bond acceptors (Lipinski definition) is 9. The summed E-state index contributed by atoms with van der Waals surface area (Å²) in [4.78, 5) is 16.8. The zero-order valence-corrected chi connectivity index (χ0v) is 17.9.